The van der Waals surface area contributed by atoms with Crippen molar-refractivity contribution in [2.45, 2.75) is 309 Å². The van der Waals surface area contributed by atoms with E-state index in [0.29, 0.717) is 12.8 Å². The molecule has 0 aliphatic heterocycles. The highest BCUT2D eigenvalue weighted by Gasteiger charge is 2.19. The van der Waals surface area contributed by atoms with Crippen LogP contribution in [0.4, 0.5) is 0 Å². The smallest absolute Gasteiger partial charge is 0.306 e. The summed E-state index contributed by atoms with van der Waals surface area (Å²) in [6.45, 7) is 6.40. The first kappa shape index (κ1) is 73.1. The van der Waals surface area contributed by atoms with Gasteiger partial charge in [0.1, 0.15) is 13.2 Å². The van der Waals surface area contributed by atoms with Gasteiger partial charge in [0.05, 0.1) is 0 Å². The van der Waals surface area contributed by atoms with Crippen LogP contribution in [0.15, 0.2) is 109 Å². The SMILES string of the molecule is CC/C=C\C/C=C\C/C=C\C/C=C\C/C=C\CCCCCC(=O)OC(COC(=O)CCCCCC/C=C\C/C=C\C/C=C\C/C=C\CC)COC(=O)CCCCCCCCCCCCCCCCCCCCCCCCC. The number of ether oxygens (including phenoxy) is 3. The summed E-state index contributed by atoms with van der Waals surface area (Å²) in [7, 11) is 0. The van der Waals surface area contributed by atoms with Gasteiger partial charge in [-0.15, -0.1) is 0 Å². The standard InChI is InChI=1S/C71H120O6/c1-4-7-10-13-16-19-22-25-28-31-33-34-35-36-38-40-43-46-49-52-55-58-61-64-70(73)76-67-68(66-75-69(72)63-60-57-54-51-48-45-42-39-30-27-24-21-18-15-12-9-6-3)77-71(74)65-62-59-56-53-50-47-44-41-37-32-29-26-23-20-17-14-11-8-5-2/h8-9,11-12,17-18,20-21,26-27,29-30,37,41-42,45,47,50,68H,4-7,10,13-16,19,22-25,28,31-36,38-40,43-44,46,48-49,51-67H2,1-3H3/b11-8-,12-9-,20-17-,21-18-,29-26-,30-27-,41-37-,45-42-,50-47-. The zero-order valence-corrected chi connectivity index (χ0v) is 50.4. The predicted octanol–water partition coefficient (Wildman–Crippen LogP) is 22.2. The van der Waals surface area contributed by atoms with Crippen LogP contribution in [0.2, 0.25) is 0 Å². The lowest BCUT2D eigenvalue weighted by Gasteiger charge is -2.18. The van der Waals surface area contributed by atoms with E-state index in [9.17, 15) is 14.4 Å². The van der Waals surface area contributed by atoms with Gasteiger partial charge in [0.25, 0.3) is 0 Å². The maximum Gasteiger partial charge on any atom is 0.306 e. The quantitative estimate of drug-likeness (QED) is 0.0261. The second-order valence-electron chi connectivity index (χ2n) is 21.3. The molecule has 6 heteroatoms. The lowest BCUT2D eigenvalue weighted by atomic mass is 10.0. The van der Waals surface area contributed by atoms with Crippen molar-refractivity contribution in [2.75, 3.05) is 13.2 Å². The fraction of sp³-hybridized carbons (Fsp3) is 0.704. The molecule has 0 aliphatic carbocycles. The van der Waals surface area contributed by atoms with E-state index in [1.165, 1.54) is 128 Å². The third kappa shape index (κ3) is 62.8. The van der Waals surface area contributed by atoms with Crippen LogP contribution in [-0.4, -0.2) is 37.2 Å². The van der Waals surface area contributed by atoms with Gasteiger partial charge in [-0.05, 0) is 103 Å². The van der Waals surface area contributed by atoms with E-state index < -0.39 is 6.10 Å². The minimum Gasteiger partial charge on any atom is -0.462 e. The molecule has 77 heavy (non-hydrogen) atoms. The molecular weight excluding hydrogens is 949 g/mol. The van der Waals surface area contributed by atoms with Gasteiger partial charge in [0, 0.05) is 19.3 Å². The van der Waals surface area contributed by atoms with Crippen molar-refractivity contribution in [2.24, 2.45) is 0 Å². The summed E-state index contributed by atoms with van der Waals surface area (Å²) in [6.07, 6.45) is 88.1. The molecule has 0 N–H and O–H groups in total. The number of hydrogen-bond acceptors (Lipinski definition) is 6. The number of rotatable bonds is 58. The molecule has 1 atom stereocenters. The molecule has 6 nitrogen and oxygen atoms in total. The zero-order chi connectivity index (χ0) is 55.7. The number of allylic oxidation sites excluding steroid dienone is 18. The van der Waals surface area contributed by atoms with Gasteiger partial charge in [-0.1, -0.05) is 291 Å². The van der Waals surface area contributed by atoms with Crippen molar-refractivity contribution in [3.8, 4) is 0 Å². The van der Waals surface area contributed by atoms with Gasteiger partial charge >= 0.3 is 17.9 Å². The van der Waals surface area contributed by atoms with Gasteiger partial charge < -0.3 is 14.2 Å². The van der Waals surface area contributed by atoms with Gasteiger partial charge in [-0.3, -0.25) is 14.4 Å². The Hall–Kier alpha value is -3.93. The summed E-state index contributed by atoms with van der Waals surface area (Å²) in [5.74, 6) is -0.947. The molecule has 0 radical (unpaired) electrons. The number of hydrogen-bond donors (Lipinski definition) is 0. The van der Waals surface area contributed by atoms with Crippen LogP contribution in [0.25, 0.3) is 0 Å². The molecule has 0 saturated carbocycles. The molecular formula is C71H120O6. The Morgan fingerprint density at radius 3 is 0.805 bits per heavy atom. The van der Waals surface area contributed by atoms with Crippen LogP contribution in [-0.2, 0) is 28.6 Å². The zero-order valence-electron chi connectivity index (χ0n) is 50.4. The monoisotopic (exact) mass is 1070 g/mol. The maximum absolute atomic E-state index is 12.9. The molecule has 0 aromatic rings. The molecule has 0 aromatic carbocycles. The van der Waals surface area contributed by atoms with Crippen molar-refractivity contribution >= 4 is 17.9 Å². The third-order valence-electron chi connectivity index (χ3n) is 13.8. The molecule has 0 heterocycles. The summed E-state index contributed by atoms with van der Waals surface area (Å²) in [4.78, 5) is 38.3. The van der Waals surface area contributed by atoms with Crippen LogP contribution >= 0.6 is 0 Å². The fourth-order valence-electron chi connectivity index (χ4n) is 8.99. The summed E-state index contributed by atoms with van der Waals surface area (Å²) >= 11 is 0. The van der Waals surface area contributed by atoms with E-state index >= 15 is 0 Å². The third-order valence-corrected chi connectivity index (χ3v) is 13.8. The van der Waals surface area contributed by atoms with E-state index in [0.717, 1.165) is 135 Å². The highest BCUT2D eigenvalue weighted by atomic mass is 16.6. The number of carbonyl (C=O) groups excluding carboxylic acids is 3. The van der Waals surface area contributed by atoms with Crippen molar-refractivity contribution in [1.29, 1.82) is 0 Å². The first-order chi connectivity index (χ1) is 38.0. The molecule has 0 bridgehead atoms. The van der Waals surface area contributed by atoms with Crippen molar-refractivity contribution in [3.63, 3.8) is 0 Å². The molecule has 0 aliphatic rings. The van der Waals surface area contributed by atoms with E-state index in [4.69, 9.17) is 14.2 Å². The highest BCUT2D eigenvalue weighted by molar-refractivity contribution is 5.71. The topological polar surface area (TPSA) is 78.9 Å². The van der Waals surface area contributed by atoms with Crippen LogP contribution in [0, 0.1) is 0 Å². The van der Waals surface area contributed by atoms with Crippen LogP contribution in [0.1, 0.15) is 303 Å². The number of unbranched alkanes of at least 4 members (excludes halogenated alkanes) is 29. The summed E-state index contributed by atoms with van der Waals surface area (Å²) in [5, 5.41) is 0. The van der Waals surface area contributed by atoms with Crippen molar-refractivity contribution < 1.29 is 28.6 Å². The summed E-state index contributed by atoms with van der Waals surface area (Å²) < 4.78 is 16.9. The summed E-state index contributed by atoms with van der Waals surface area (Å²) in [6, 6.07) is 0. The van der Waals surface area contributed by atoms with Gasteiger partial charge in [0.2, 0.25) is 0 Å². The summed E-state index contributed by atoms with van der Waals surface area (Å²) in [5.41, 5.74) is 0. The molecule has 440 valence electrons. The average molecular weight is 1070 g/mol. The van der Waals surface area contributed by atoms with Crippen LogP contribution < -0.4 is 0 Å². The first-order valence-electron chi connectivity index (χ1n) is 32.4. The molecule has 0 saturated heterocycles. The Morgan fingerprint density at radius 1 is 0.273 bits per heavy atom. The molecule has 0 rings (SSSR count). The van der Waals surface area contributed by atoms with E-state index in [-0.39, 0.29) is 37.5 Å². The molecule has 1 unspecified atom stereocenters. The predicted molar refractivity (Wildman–Crippen MR) is 334 cm³/mol. The minimum atomic E-state index is -0.808. The molecule has 0 amide bonds. The Balaban J connectivity index is 4.43. The second kappa shape index (κ2) is 64.6. The Labute approximate surface area is 476 Å². The average Bonchev–Trinajstić information content (AvgIpc) is 3.43. The van der Waals surface area contributed by atoms with Crippen LogP contribution in [0.5, 0.6) is 0 Å². The highest BCUT2D eigenvalue weighted by Crippen LogP contribution is 2.17. The normalized spacial score (nSPS) is 12.8. The van der Waals surface area contributed by atoms with E-state index in [1.807, 2.05) is 0 Å². The largest absolute Gasteiger partial charge is 0.462 e. The van der Waals surface area contributed by atoms with Gasteiger partial charge in [0.15, 0.2) is 6.10 Å². The Morgan fingerprint density at radius 2 is 0.506 bits per heavy atom. The molecule has 0 fully saturated rings. The number of esters is 3. The molecule has 0 spiro atoms. The van der Waals surface area contributed by atoms with Crippen LogP contribution in [0.3, 0.4) is 0 Å². The lowest BCUT2D eigenvalue weighted by Crippen LogP contribution is -2.30. The lowest BCUT2D eigenvalue weighted by molar-refractivity contribution is -0.167. The minimum absolute atomic E-state index is 0.0986. The van der Waals surface area contributed by atoms with Crippen molar-refractivity contribution in [1.82, 2.24) is 0 Å². The maximum atomic E-state index is 12.9. The number of carbonyl (C=O) groups is 3. The Kier molecular flexibility index (Phi) is 61.3. The van der Waals surface area contributed by atoms with Crippen molar-refractivity contribution in [3.05, 3.63) is 109 Å². The fourth-order valence-corrected chi connectivity index (χ4v) is 8.99. The van der Waals surface area contributed by atoms with Gasteiger partial charge in [-0.2, -0.15) is 0 Å². The first-order valence-corrected chi connectivity index (χ1v) is 32.4. The van der Waals surface area contributed by atoms with E-state index in [1.54, 1.807) is 0 Å². The van der Waals surface area contributed by atoms with E-state index in [2.05, 4.69) is 130 Å². The van der Waals surface area contributed by atoms with Gasteiger partial charge in [-0.25, -0.2) is 0 Å². The second-order valence-corrected chi connectivity index (χ2v) is 21.3. The Bertz CT molecular complexity index is 1560. The molecule has 0 aromatic heterocycles.